The van der Waals surface area contributed by atoms with Crippen LogP contribution in [0.25, 0.3) is 117 Å². The number of hydrogen-bond donors (Lipinski definition) is 0. The fourth-order valence-electron chi connectivity index (χ4n) is 14.5. The maximum Gasteiger partial charge on any atom is 0.252 e. The van der Waals surface area contributed by atoms with Crippen molar-refractivity contribution >= 4 is 79.0 Å². The lowest BCUT2D eigenvalue weighted by Gasteiger charge is -2.44. The Morgan fingerprint density at radius 3 is 1.10 bits per heavy atom. The zero-order valence-electron chi connectivity index (χ0n) is 52.0. The molecule has 0 saturated carbocycles. The minimum absolute atomic E-state index is 0.164. The second-order valence-corrected chi connectivity index (χ2v) is 24.6. The Labute approximate surface area is 557 Å². The van der Waals surface area contributed by atoms with Gasteiger partial charge in [0.15, 0.2) is 17.5 Å². The molecule has 0 aliphatic carbocycles. The van der Waals surface area contributed by atoms with Crippen LogP contribution in [-0.4, -0.2) is 26.2 Å². The number of para-hydroxylation sites is 1. The number of nitriles is 1. The van der Waals surface area contributed by atoms with Crippen molar-refractivity contribution in [3.63, 3.8) is 0 Å². The second kappa shape index (κ2) is 23.3. The Balaban J connectivity index is 0.865. The van der Waals surface area contributed by atoms with Crippen LogP contribution < -0.4 is 26.2 Å². The third-order valence-electron chi connectivity index (χ3n) is 19.0. The summed E-state index contributed by atoms with van der Waals surface area (Å²) >= 11 is 0. The van der Waals surface area contributed by atoms with E-state index in [1.165, 1.54) is 38.6 Å². The second-order valence-electron chi connectivity index (χ2n) is 24.6. The van der Waals surface area contributed by atoms with Gasteiger partial charge in [-0.05, 0) is 157 Å². The summed E-state index contributed by atoms with van der Waals surface area (Å²) in [7, 11) is 0. The largest absolute Gasteiger partial charge is 0.311 e. The monoisotopic (exact) mass is 1220 g/mol. The summed E-state index contributed by atoms with van der Waals surface area (Å²) in [4.78, 5) is 20.2. The molecule has 0 amide bonds. The summed E-state index contributed by atoms with van der Waals surface area (Å²) in [6.07, 6.45) is 0. The molecule has 0 saturated heterocycles. The average molecular weight is 1220 g/mol. The van der Waals surface area contributed by atoms with E-state index in [9.17, 15) is 5.26 Å². The van der Waals surface area contributed by atoms with Gasteiger partial charge in [0.05, 0.1) is 22.7 Å². The van der Waals surface area contributed by atoms with Gasteiger partial charge in [0, 0.05) is 67.3 Å². The highest BCUT2D eigenvalue weighted by Crippen LogP contribution is 2.48. The number of aromatic nitrogens is 4. The van der Waals surface area contributed by atoms with E-state index in [4.69, 9.17) is 15.0 Å². The minimum Gasteiger partial charge on any atom is -0.311 e. The summed E-state index contributed by atoms with van der Waals surface area (Å²) in [5.41, 5.74) is 27.5. The SMILES string of the molecule is N#Cc1cc(-c2nc(-c3ccccc3)nc(-c3ccccc3)n2)cc(-n2c3ccccc3c3cc(-c4cc5c6c(c4)N(c4ccc(-c7ccccc7)cc4)c4ccc(-c7ccccc7)cc4B6c4cc(-c6ccccc6)ccc4N5c4ccc(-c5ccccc5)cc4)ccc32)c1. The van der Waals surface area contributed by atoms with Gasteiger partial charge in [-0.15, -0.1) is 0 Å². The van der Waals surface area contributed by atoms with E-state index in [1.54, 1.807) is 0 Å². The first-order valence-corrected chi connectivity index (χ1v) is 32.5. The Hall–Kier alpha value is -13.0. The van der Waals surface area contributed by atoms with Crippen LogP contribution in [0.3, 0.4) is 0 Å². The van der Waals surface area contributed by atoms with Crippen molar-refractivity contribution in [2.75, 3.05) is 9.80 Å². The fraction of sp³-hybridized carbons (Fsp3) is 0. The topological polar surface area (TPSA) is 73.9 Å². The molecule has 0 N–H and O–H groups in total. The molecule has 96 heavy (non-hydrogen) atoms. The van der Waals surface area contributed by atoms with Crippen LogP contribution in [0.1, 0.15) is 5.56 Å². The number of fused-ring (bicyclic) bond motifs is 7. The molecule has 0 bridgehead atoms. The van der Waals surface area contributed by atoms with Gasteiger partial charge in [0.25, 0.3) is 6.71 Å². The molecule has 2 aliphatic rings. The molecule has 0 unspecified atom stereocenters. The molecule has 18 rings (SSSR count). The molecule has 4 heterocycles. The van der Waals surface area contributed by atoms with E-state index < -0.39 is 0 Å². The zero-order chi connectivity index (χ0) is 63.6. The third kappa shape index (κ3) is 9.73. The normalized spacial score (nSPS) is 12.1. The molecule has 446 valence electrons. The Bertz CT molecular complexity index is 5440. The van der Waals surface area contributed by atoms with Gasteiger partial charge in [-0.3, -0.25) is 0 Å². The summed E-state index contributed by atoms with van der Waals surface area (Å²) in [5.74, 6) is 1.58. The minimum atomic E-state index is -0.164. The predicted octanol–water partition coefficient (Wildman–Crippen LogP) is 20.3. The van der Waals surface area contributed by atoms with E-state index in [0.29, 0.717) is 28.6 Å². The molecule has 14 aromatic carbocycles. The van der Waals surface area contributed by atoms with Gasteiger partial charge in [0.2, 0.25) is 0 Å². The van der Waals surface area contributed by atoms with E-state index in [2.05, 4.69) is 287 Å². The lowest BCUT2D eigenvalue weighted by molar-refractivity contribution is 1.07. The Kier molecular flexibility index (Phi) is 13.6. The summed E-state index contributed by atoms with van der Waals surface area (Å²) in [5, 5.41) is 13.0. The maximum absolute atomic E-state index is 10.8. The molecule has 2 aromatic heterocycles. The quantitative estimate of drug-likeness (QED) is 0.120. The number of benzene rings is 14. The van der Waals surface area contributed by atoms with Crippen molar-refractivity contribution in [3.05, 3.63) is 345 Å². The fourth-order valence-corrected chi connectivity index (χ4v) is 14.5. The maximum atomic E-state index is 10.8. The molecule has 2 aliphatic heterocycles. The predicted molar refractivity (Wildman–Crippen MR) is 396 cm³/mol. The number of rotatable bonds is 11. The highest BCUT2D eigenvalue weighted by Gasteiger charge is 2.44. The van der Waals surface area contributed by atoms with Crippen molar-refractivity contribution in [3.8, 4) is 102 Å². The van der Waals surface area contributed by atoms with Crippen molar-refractivity contribution in [1.82, 2.24) is 19.5 Å². The highest BCUT2D eigenvalue weighted by molar-refractivity contribution is 7.00. The average Bonchev–Trinajstić information content (AvgIpc) is 0.756. The van der Waals surface area contributed by atoms with Crippen LogP contribution in [0.15, 0.2) is 340 Å². The number of nitrogens with zero attached hydrogens (tertiary/aromatic N) is 7. The summed E-state index contributed by atoms with van der Waals surface area (Å²) in [6, 6.07) is 124. The van der Waals surface area contributed by atoms with Gasteiger partial charge in [-0.1, -0.05) is 255 Å². The first-order valence-electron chi connectivity index (χ1n) is 32.5. The highest BCUT2D eigenvalue weighted by atomic mass is 15.2. The van der Waals surface area contributed by atoms with Gasteiger partial charge in [-0.25, -0.2) is 15.0 Å². The van der Waals surface area contributed by atoms with E-state index in [-0.39, 0.29) is 6.71 Å². The van der Waals surface area contributed by atoms with Gasteiger partial charge < -0.3 is 14.4 Å². The van der Waals surface area contributed by atoms with Gasteiger partial charge in [0.1, 0.15) is 0 Å². The van der Waals surface area contributed by atoms with Gasteiger partial charge in [-0.2, -0.15) is 5.26 Å². The molecule has 0 atom stereocenters. The first-order chi connectivity index (χ1) is 47.5. The first kappa shape index (κ1) is 55.9. The third-order valence-corrected chi connectivity index (χ3v) is 19.0. The molecule has 7 nitrogen and oxygen atoms in total. The Morgan fingerprint density at radius 1 is 0.260 bits per heavy atom. The number of anilines is 6. The van der Waals surface area contributed by atoms with Crippen molar-refractivity contribution in [1.29, 1.82) is 5.26 Å². The van der Waals surface area contributed by atoms with Crippen molar-refractivity contribution < 1.29 is 0 Å². The van der Waals surface area contributed by atoms with Crippen molar-refractivity contribution in [2.45, 2.75) is 0 Å². The van der Waals surface area contributed by atoms with E-state index >= 15 is 0 Å². The summed E-state index contributed by atoms with van der Waals surface area (Å²) < 4.78 is 2.28. The lowest BCUT2D eigenvalue weighted by atomic mass is 9.33. The van der Waals surface area contributed by atoms with Crippen molar-refractivity contribution in [2.24, 2.45) is 0 Å². The molecular formula is C88H56BN7. The standard InChI is InChI=1S/C88H56BN7/c90-57-58-49-71(88-92-86(65-29-15-5-16-30-65)91-87(93-88)66-31-17-6-18-32-66)51-74(50-58)96-79-34-20-19-33-75(79)76-52-67(39-46-80(76)96)70-55-83-85-84(56-70)95(73-44-37-64(38-45-73)60-23-9-2-10-24-60)82-48-41-69(62-27-13-4-14-28-62)54-78(82)89(85)77-53-68(61-25-11-3-12-26-61)40-47-81(77)94(83)72-42-35-63(36-43-72)59-21-7-1-8-22-59/h1-56H. The molecule has 0 fully saturated rings. The van der Waals surface area contributed by atoms with Gasteiger partial charge >= 0.3 is 0 Å². The van der Waals surface area contributed by atoms with Crippen LogP contribution in [0.2, 0.25) is 0 Å². The van der Waals surface area contributed by atoms with Crippen LogP contribution in [-0.2, 0) is 0 Å². The molecule has 16 aromatic rings. The van der Waals surface area contributed by atoms with E-state index in [0.717, 1.165) is 106 Å². The lowest BCUT2D eigenvalue weighted by Crippen LogP contribution is -2.61. The van der Waals surface area contributed by atoms with E-state index in [1.807, 2.05) is 72.8 Å². The van der Waals surface area contributed by atoms with Crippen LogP contribution >= 0.6 is 0 Å². The number of hydrogen-bond acceptors (Lipinski definition) is 6. The molecule has 0 spiro atoms. The Morgan fingerprint density at radius 2 is 0.635 bits per heavy atom. The van der Waals surface area contributed by atoms with Crippen LogP contribution in [0.5, 0.6) is 0 Å². The van der Waals surface area contributed by atoms with Crippen LogP contribution in [0, 0.1) is 11.3 Å². The summed E-state index contributed by atoms with van der Waals surface area (Å²) in [6.45, 7) is -0.164. The molecule has 8 heteroatoms. The zero-order valence-corrected chi connectivity index (χ0v) is 52.0. The smallest absolute Gasteiger partial charge is 0.252 e. The molecular weight excluding hydrogens is 1170 g/mol. The molecule has 0 radical (unpaired) electrons. The van der Waals surface area contributed by atoms with Crippen LogP contribution in [0.4, 0.5) is 34.1 Å².